The molecule has 2 rings (SSSR count). The Balaban J connectivity index is 2.62. The first-order valence-electron chi connectivity index (χ1n) is 5.13. The van der Waals surface area contributed by atoms with Gasteiger partial charge in [0, 0.05) is 5.56 Å². The van der Waals surface area contributed by atoms with E-state index >= 15 is 0 Å². The molecule has 0 saturated heterocycles. The zero-order chi connectivity index (χ0) is 14.0. The summed E-state index contributed by atoms with van der Waals surface area (Å²) < 4.78 is 37.9. The van der Waals surface area contributed by atoms with Crippen molar-refractivity contribution < 1.29 is 23.1 Å². The molecule has 0 fully saturated rings. The summed E-state index contributed by atoms with van der Waals surface area (Å²) in [5, 5.41) is 8.75. The highest BCUT2D eigenvalue weighted by Gasteiger charge is 2.34. The third-order valence-corrected chi connectivity index (χ3v) is 2.28. The molecule has 4 nitrogen and oxygen atoms in total. The molecule has 0 radical (unpaired) electrons. The predicted octanol–water partition coefficient (Wildman–Crippen LogP) is 2.86. The third kappa shape index (κ3) is 2.87. The van der Waals surface area contributed by atoms with Crippen LogP contribution in [0.3, 0.4) is 0 Å². The molecule has 7 heteroatoms. The van der Waals surface area contributed by atoms with Crippen LogP contribution < -0.4 is 0 Å². The summed E-state index contributed by atoms with van der Waals surface area (Å²) in [7, 11) is 0. The number of carboxylic acids is 1. The topological polar surface area (TPSA) is 63.1 Å². The number of carboxylic acid groups (broad SMARTS) is 1. The minimum atomic E-state index is -4.73. The lowest BCUT2D eigenvalue weighted by Crippen LogP contribution is -2.14. The zero-order valence-corrected chi connectivity index (χ0v) is 9.35. The maximum atomic E-state index is 12.6. The van der Waals surface area contributed by atoms with Crippen molar-refractivity contribution >= 4 is 5.97 Å². The maximum Gasteiger partial charge on any atom is 0.433 e. The molecule has 98 valence electrons. The van der Waals surface area contributed by atoms with Gasteiger partial charge in [0.1, 0.15) is 5.69 Å². The molecular formula is C12H7F3N2O2. The number of nitrogens with zero attached hydrogens (tertiary/aromatic N) is 2. The van der Waals surface area contributed by atoms with Gasteiger partial charge in [-0.05, 0) is 6.07 Å². The van der Waals surface area contributed by atoms with Gasteiger partial charge in [-0.25, -0.2) is 14.8 Å². The van der Waals surface area contributed by atoms with Crippen LogP contribution in [-0.4, -0.2) is 21.0 Å². The van der Waals surface area contributed by atoms with E-state index in [2.05, 4.69) is 9.97 Å². The van der Waals surface area contributed by atoms with E-state index in [0.29, 0.717) is 5.56 Å². The molecule has 0 spiro atoms. The molecule has 0 atom stereocenters. The Morgan fingerprint density at radius 1 is 1.11 bits per heavy atom. The SMILES string of the molecule is O=C(O)c1nc(-c2ccccc2)cc(C(F)(F)F)n1. The van der Waals surface area contributed by atoms with Gasteiger partial charge in [0.05, 0.1) is 5.69 Å². The maximum absolute atomic E-state index is 12.6. The predicted molar refractivity (Wildman–Crippen MR) is 59.4 cm³/mol. The van der Waals surface area contributed by atoms with Crippen LogP contribution in [0.1, 0.15) is 16.3 Å². The third-order valence-electron chi connectivity index (χ3n) is 2.28. The van der Waals surface area contributed by atoms with E-state index in [1.165, 1.54) is 12.1 Å². The minimum Gasteiger partial charge on any atom is -0.475 e. The lowest BCUT2D eigenvalue weighted by molar-refractivity contribution is -0.141. The van der Waals surface area contributed by atoms with Gasteiger partial charge < -0.3 is 5.11 Å². The number of hydrogen-bond donors (Lipinski definition) is 1. The van der Waals surface area contributed by atoms with Gasteiger partial charge >= 0.3 is 12.1 Å². The summed E-state index contributed by atoms with van der Waals surface area (Å²) in [5.74, 6) is -2.49. The summed E-state index contributed by atoms with van der Waals surface area (Å²) in [4.78, 5) is 17.4. The fraction of sp³-hybridized carbons (Fsp3) is 0.0833. The Hall–Kier alpha value is -2.44. The first kappa shape index (κ1) is 13.0. The van der Waals surface area contributed by atoms with E-state index in [9.17, 15) is 18.0 Å². The highest BCUT2D eigenvalue weighted by molar-refractivity contribution is 5.84. The fourth-order valence-corrected chi connectivity index (χ4v) is 1.44. The number of aromatic nitrogens is 2. The summed E-state index contributed by atoms with van der Waals surface area (Å²) in [5.41, 5.74) is -0.975. The van der Waals surface area contributed by atoms with Gasteiger partial charge in [0.2, 0.25) is 5.82 Å². The van der Waals surface area contributed by atoms with Crippen molar-refractivity contribution in [1.82, 2.24) is 9.97 Å². The van der Waals surface area contributed by atoms with Crippen LogP contribution in [0, 0.1) is 0 Å². The first-order valence-corrected chi connectivity index (χ1v) is 5.13. The van der Waals surface area contributed by atoms with Crippen LogP contribution in [0.2, 0.25) is 0 Å². The molecule has 1 aromatic heterocycles. The molecule has 0 amide bonds. The quantitative estimate of drug-likeness (QED) is 0.909. The second-order valence-electron chi connectivity index (χ2n) is 3.63. The summed E-state index contributed by atoms with van der Waals surface area (Å²) in [6.07, 6.45) is -4.73. The van der Waals surface area contributed by atoms with Crippen LogP contribution in [0.4, 0.5) is 13.2 Å². The summed E-state index contributed by atoms with van der Waals surface area (Å²) >= 11 is 0. The van der Waals surface area contributed by atoms with E-state index in [1.807, 2.05) is 0 Å². The highest BCUT2D eigenvalue weighted by Crippen LogP contribution is 2.30. The van der Waals surface area contributed by atoms with Gasteiger partial charge in [-0.15, -0.1) is 0 Å². The first-order chi connectivity index (χ1) is 8.88. The lowest BCUT2D eigenvalue weighted by atomic mass is 10.1. The number of halogens is 3. The highest BCUT2D eigenvalue weighted by atomic mass is 19.4. The second kappa shape index (κ2) is 4.68. The average molecular weight is 268 g/mol. The van der Waals surface area contributed by atoms with E-state index < -0.39 is 23.7 Å². The largest absolute Gasteiger partial charge is 0.475 e. The zero-order valence-electron chi connectivity index (χ0n) is 9.35. The number of aromatic carboxylic acids is 1. The molecule has 0 aliphatic carbocycles. The monoisotopic (exact) mass is 268 g/mol. The normalized spacial score (nSPS) is 11.3. The van der Waals surface area contributed by atoms with Crippen molar-refractivity contribution in [2.24, 2.45) is 0 Å². The molecule has 1 aromatic carbocycles. The molecule has 0 unspecified atom stereocenters. The Labute approximate surface area is 105 Å². The number of benzene rings is 1. The molecule has 1 heterocycles. The van der Waals surface area contributed by atoms with Gasteiger partial charge in [-0.2, -0.15) is 13.2 Å². The van der Waals surface area contributed by atoms with Crippen molar-refractivity contribution in [3.05, 3.63) is 47.9 Å². The van der Waals surface area contributed by atoms with Crippen LogP contribution in [0.25, 0.3) is 11.3 Å². The lowest BCUT2D eigenvalue weighted by Gasteiger charge is -2.08. The van der Waals surface area contributed by atoms with E-state index in [-0.39, 0.29) is 5.69 Å². The molecule has 1 N–H and O–H groups in total. The van der Waals surface area contributed by atoms with Gasteiger partial charge in [0.15, 0.2) is 0 Å². The molecule has 0 saturated carbocycles. The molecule has 0 bridgehead atoms. The Bertz CT molecular complexity index is 612. The van der Waals surface area contributed by atoms with Crippen LogP contribution in [0.5, 0.6) is 0 Å². The number of hydrogen-bond acceptors (Lipinski definition) is 3. The molecule has 0 aliphatic heterocycles. The van der Waals surface area contributed by atoms with Crippen molar-refractivity contribution in [2.45, 2.75) is 6.18 Å². The second-order valence-corrected chi connectivity index (χ2v) is 3.63. The Morgan fingerprint density at radius 3 is 2.26 bits per heavy atom. The van der Waals surface area contributed by atoms with Crippen molar-refractivity contribution in [3.8, 4) is 11.3 Å². The van der Waals surface area contributed by atoms with Gasteiger partial charge in [0.25, 0.3) is 0 Å². The standard InChI is InChI=1S/C12H7F3N2O2/c13-12(14,15)9-6-8(7-4-2-1-3-5-7)16-10(17-9)11(18)19/h1-6H,(H,18,19). The Morgan fingerprint density at radius 2 is 1.74 bits per heavy atom. The number of carbonyl (C=O) groups is 1. The molecular weight excluding hydrogens is 261 g/mol. The van der Waals surface area contributed by atoms with Gasteiger partial charge in [-0.1, -0.05) is 30.3 Å². The average Bonchev–Trinajstić information content (AvgIpc) is 2.38. The summed E-state index contributed by atoms with van der Waals surface area (Å²) in [6, 6.07) is 8.72. The van der Waals surface area contributed by atoms with E-state index in [0.717, 1.165) is 6.07 Å². The molecule has 0 aliphatic rings. The van der Waals surface area contributed by atoms with Crippen molar-refractivity contribution in [2.75, 3.05) is 0 Å². The van der Waals surface area contributed by atoms with Crippen LogP contribution in [0.15, 0.2) is 36.4 Å². The van der Waals surface area contributed by atoms with Crippen molar-refractivity contribution in [3.63, 3.8) is 0 Å². The Kier molecular flexibility index (Phi) is 3.20. The number of alkyl halides is 3. The van der Waals surface area contributed by atoms with E-state index in [1.54, 1.807) is 18.2 Å². The van der Waals surface area contributed by atoms with Gasteiger partial charge in [-0.3, -0.25) is 0 Å². The fourth-order valence-electron chi connectivity index (χ4n) is 1.44. The van der Waals surface area contributed by atoms with Crippen LogP contribution in [-0.2, 0) is 6.18 Å². The smallest absolute Gasteiger partial charge is 0.433 e. The molecule has 19 heavy (non-hydrogen) atoms. The summed E-state index contributed by atoms with van der Waals surface area (Å²) in [6.45, 7) is 0. The minimum absolute atomic E-state index is 0.0830. The van der Waals surface area contributed by atoms with E-state index in [4.69, 9.17) is 5.11 Å². The number of rotatable bonds is 2. The van der Waals surface area contributed by atoms with Crippen molar-refractivity contribution in [1.29, 1.82) is 0 Å². The molecule has 2 aromatic rings. The van der Waals surface area contributed by atoms with Crippen LogP contribution >= 0.6 is 0 Å².